The minimum absolute atomic E-state index is 0.000748. The van der Waals surface area contributed by atoms with Gasteiger partial charge in [-0.3, -0.25) is 4.79 Å². The van der Waals surface area contributed by atoms with E-state index in [2.05, 4.69) is 41.6 Å². The van der Waals surface area contributed by atoms with Crippen molar-refractivity contribution in [3.63, 3.8) is 0 Å². The lowest BCUT2D eigenvalue weighted by atomic mass is 9.95. The van der Waals surface area contributed by atoms with E-state index in [0.717, 1.165) is 60.3 Å². The van der Waals surface area contributed by atoms with Crippen LogP contribution in [-0.2, 0) is 16.8 Å². The minimum Gasteiger partial charge on any atom is -0.353 e. The first kappa shape index (κ1) is 20.8. The molecule has 1 aliphatic heterocycles. The van der Waals surface area contributed by atoms with E-state index in [-0.39, 0.29) is 23.3 Å². The molecule has 0 saturated carbocycles. The molecule has 0 bridgehead atoms. The molecule has 1 fully saturated rings. The monoisotopic (exact) mass is 428 g/mol. The van der Waals surface area contributed by atoms with Crippen molar-refractivity contribution < 1.29 is 4.79 Å². The molecular weight excluding hydrogens is 400 g/mol. The number of imidazole rings is 1. The highest BCUT2D eigenvalue weighted by molar-refractivity contribution is 6.30. The smallest absolute Gasteiger partial charge is 0.217 e. The number of hydrogen-bond acceptors (Lipinski definition) is 5. The normalized spacial score (nSPS) is 21.9. The number of allylic oxidation sites excluding steroid dienone is 4. The summed E-state index contributed by atoms with van der Waals surface area (Å²) >= 11 is 6.45. The second-order valence-electron chi connectivity index (χ2n) is 9.23. The van der Waals surface area contributed by atoms with Gasteiger partial charge in [0.25, 0.3) is 0 Å². The summed E-state index contributed by atoms with van der Waals surface area (Å²) in [6.07, 6.45) is 9.75. The van der Waals surface area contributed by atoms with Crippen LogP contribution in [0, 0.1) is 5.92 Å². The number of nitrogens with zero attached hydrogens (tertiary/aromatic N) is 5. The predicted octanol–water partition coefficient (Wildman–Crippen LogP) is 3.54. The van der Waals surface area contributed by atoms with Crippen molar-refractivity contribution in [3.8, 4) is 0 Å². The number of halogens is 1. The summed E-state index contributed by atoms with van der Waals surface area (Å²) in [6, 6.07) is 0.130. The van der Waals surface area contributed by atoms with Crippen LogP contribution >= 0.6 is 11.6 Å². The van der Waals surface area contributed by atoms with E-state index in [1.807, 2.05) is 18.5 Å². The standard InChI is InChI=1S/C22H29ClN6O/c1-14(30)25-16-9-10-28(12-16)19-18-20(27-21(26-19)22(2,3)4)29(13-24-18)11-15-7-5-6-8-17(15)23/h5-6,8,13,15-16H,7,9-12H2,1-4H3,(H,25,30)/t15?,16-/m0/s1. The first-order valence-electron chi connectivity index (χ1n) is 10.5. The molecule has 1 N–H and O–H groups in total. The molecule has 4 rings (SSSR count). The fourth-order valence-corrected chi connectivity index (χ4v) is 4.26. The molecule has 0 radical (unpaired) electrons. The third-order valence-corrected chi connectivity index (χ3v) is 6.07. The maximum Gasteiger partial charge on any atom is 0.217 e. The van der Waals surface area contributed by atoms with Crippen molar-refractivity contribution in [2.75, 3.05) is 18.0 Å². The summed E-state index contributed by atoms with van der Waals surface area (Å²) < 4.78 is 2.09. The van der Waals surface area contributed by atoms with Crippen molar-refractivity contribution in [1.82, 2.24) is 24.8 Å². The molecule has 1 saturated heterocycles. The molecule has 1 unspecified atom stereocenters. The number of hydrogen-bond donors (Lipinski definition) is 1. The van der Waals surface area contributed by atoms with Gasteiger partial charge in [-0.2, -0.15) is 0 Å². The fourth-order valence-electron chi connectivity index (χ4n) is 4.03. The van der Waals surface area contributed by atoms with Gasteiger partial charge >= 0.3 is 0 Å². The van der Waals surface area contributed by atoms with E-state index < -0.39 is 0 Å². The van der Waals surface area contributed by atoms with Crippen LogP contribution in [0.25, 0.3) is 11.2 Å². The molecule has 1 aliphatic carbocycles. The maximum atomic E-state index is 11.5. The highest BCUT2D eigenvalue weighted by Crippen LogP contribution is 2.31. The Balaban J connectivity index is 1.71. The predicted molar refractivity (Wildman–Crippen MR) is 120 cm³/mol. The summed E-state index contributed by atoms with van der Waals surface area (Å²) in [4.78, 5) is 28.2. The zero-order valence-corrected chi connectivity index (χ0v) is 18.8. The van der Waals surface area contributed by atoms with Crippen LogP contribution in [0.3, 0.4) is 0 Å². The number of nitrogens with one attached hydrogen (secondary N) is 1. The Hall–Kier alpha value is -2.41. The first-order valence-corrected chi connectivity index (χ1v) is 10.9. The van der Waals surface area contributed by atoms with Gasteiger partial charge in [-0.15, -0.1) is 0 Å². The molecule has 1 amide bonds. The topological polar surface area (TPSA) is 75.9 Å². The molecule has 2 atom stereocenters. The van der Waals surface area contributed by atoms with Gasteiger partial charge in [0.2, 0.25) is 5.91 Å². The zero-order valence-electron chi connectivity index (χ0n) is 18.0. The minimum atomic E-state index is -0.195. The van der Waals surface area contributed by atoms with Crippen molar-refractivity contribution in [2.24, 2.45) is 5.92 Å². The van der Waals surface area contributed by atoms with Crippen LogP contribution in [0.15, 0.2) is 29.6 Å². The van der Waals surface area contributed by atoms with E-state index in [1.165, 1.54) is 0 Å². The Bertz CT molecular complexity index is 1020. The molecule has 3 heterocycles. The molecule has 30 heavy (non-hydrogen) atoms. The zero-order chi connectivity index (χ0) is 21.5. The summed E-state index contributed by atoms with van der Waals surface area (Å²) in [6.45, 7) is 10.2. The number of amides is 1. The molecule has 8 heteroatoms. The van der Waals surface area contributed by atoms with Crippen molar-refractivity contribution in [3.05, 3.63) is 35.4 Å². The Morgan fingerprint density at radius 3 is 2.83 bits per heavy atom. The highest BCUT2D eigenvalue weighted by atomic mass is 35.5. The summed E-state index contributed by atoms with van der Waals surface area (Å²) in [5.41, 5.74) is 1.45. The fraction of sp³-hybridized carbons (Fsp3) is 0.545. The summed E-state index contributed by atoms with van der Waals surface area (Å²) in [5.74, 6) is 1.86. The second kappa shape index (κ2) is 8.02. The molecule has 2 aromatic rings. The lowest BCUT2D eigenvalue weighted by Crippen LogP contribution is -2.36. The Morgan fingerprint density at radius 1 is 1.33 bits per heavy atom. The van der Waals surface area contributed by atoms with E-state index >= 15 is 0 Å². The number of anilines is 1. The molecule has 7 nitrogen and oxygen atoms in total. The average Bonchev–Trinajstić information content (AvgIpc) is 3.29. The van der Waals surface area contributed by atoms with Crippen LogP contribution in [0.1, 0.15) is 46.4 Å². The quantitative estimate of drug-likeness (QED) is 0.806. The lowest BCUT2D eigenvalue weighted by Gasteiger charge is -2.23. The third-order valence-electron chi connectivity index (χ3n) is 5.63. The van der Waals surface area contributed by atoms with E-state index in [9.17, 15) is 4.79 Å². The number of carbonyl (C=O) groups is 1. The molecule has 0 aromatic carbocycles. The van der Waals surface area contributed by atoms with E-state index in [4.69, 9.17) is 26.6 Å². The van der Waals surface area contributed by atoms with Crippen LogP contribution in [0.5, 0.6) is 0 Å². The largest absolute Gasteiger partial charge is 0.353 e. The summed E-state index contributed by atoms with van der Waals surface area (Å²) in [5, 5.41) is 3.88. The number of fused-ring (bicyclic) bond motifs is 1. The SMILES string of the molecule is CC(=O)N[C@H]1CCN(c2nc(C(C)(C)C)nc3c2ncn3CC2CC=CC=C2Cl)C1. The third kappa shape index (κ3) is 4.21. The van der Waals surface area contributed by atoms with Gasteiger partial charge in [0.05, 0.1) is 6.33 Å². The van der Waals surface area contributed by atoms with Crippen LogP contribution in [-0.4, -0.2) is 44.6 Å². The number of rotatable bonds is 4. The Morgan fingerprint density at radius 2 is 2.13 bits per heavy atom. The maximum absolute atomic E-state index is 11.5. The molecule has 2 aliphatic rings. The van der Waals surface area contributed by atoms with Crippen LogP contribution in [0.2, 0.25) is 0 Å². The van der Waals surface area contributed by atoms with Gasteiger partial charge in [-0.05, 0) is 18.9 Å². The Kier molecular flexibility index (Phi) is 5.57. The Labute approximate surface area is 182 Å². The van der Waals surface area contributed by atoms with Crippen LogP contribution < -0.4 is 10.2 Å². The van der Waals surface area contributed by atoms with Crippen LogP contribution in [0.4, 0.5) is 5.82 Å². The molecule has 160 valence electrons. The van der Waals surface area contributed by atoms with E-state index in [1.54, 1.807) is 6.92 Å². The van der Waals surface area contributed by atoms with Gasteiger partial charge in [0.15, 0.2) is 17.0 Å². The average molecular weight is 429 g/mol. The second-order valence-corrected chi connectivity index (χ2v) is 9.67. The number of carbonyl (C=O) groups excluding carboxylic acids is 1. The van der Waals surface area contributed by atoms with Gasteiger partial charge in [0.1, 0.15) is 5.82 Å². The van der Waals surface area contributed by atoms with Gasteiger partial charge in [0, 0.05) is 49.0 Å². The molecule has 2 aromatic heterocycles. The van der Waals surface area contributed by atoms with Crippen molar-refractivity contribution >= 4 is 34.5 Å². The molecule has 0 spiro atoms. The molecular formula is C22H29ClN6O. The lowest BCUT2D eigenvalue weighted by molar-refractivity contribution is -0.119. The number of aromatic nitrogens is 4. The van der Waals surface area contributed by atoms with Crippen molar-refractivity contribution in [2.45, 2.75) is 58.5 Å². The van der Waals surface area contributed by atoms with Gasteiger partial charge < -0.3 is 14.8 Å². The van der Waals surface area contributed by atoms with E-state index in [0.29, 0.717) is 0 Å². The summed E-state index contributed by atoms with van der Waals surface area (Å²) in [7, 11) is 0. The highest BCUT2D eigenvalue weighted by Gasteiger charge is 2.29. The van der Waals surface area contributed by atoms with Gasteiger partial charge in [-0.25, -0.2) is 15.0 Å². The van der Waals surface area contributed by atoms with Crippen molar-refractivity contribution in [1.29, 1.82) is 0 Å². The first-order chi connectivity index (χ1) is 14.2. The van der Waals surface area contributed by atoms with Gasteiger partial charge in [-0.1, -0.05) is 44.5 Å².